The number of phenolic OH excluding ortho intramolecular Hbond substituents is 1. The highest BCUT2D eigenvalue weighted by atomic mass is 32.2. The number of esters is 4. The Kier molecular flexibility index (Phi) is 43.5. The summed E-state index contributed by atoms with van der Waals surface area (Å²) < 4.78 is 93.2. The van der Waals surface area contributed by atoms with Crippen LogP contribution in [0.1, 0.15) is 133 Å². The van der Waals surface area contributed by atoms with Gasteiger partial charge in [0.2, 0.25) is 33.7 Å². The summed E-state index contributed by atoms with van der Waals surface area (Å²) in [6.07, 6.45) is -14.7. The number of carbonyl (C=O) groups excluding carboxylic acids is 11. The number of aromatic hydroxyl groups is 1. The van der Waals surface area contributed by atoms with E-state index in [1.807, 2.05) is 6.92 Å². The van der Waals surface area contributed by atoms with Crippen molar-refractivity contribution in [2.75, 3.05) is 137 Å². The van der Waals surface area contributed by atoms with Gasteiger partial charge in [-0.3, -0.25) is 76.8 Å². The number of hydrogen-bond donors (Lipinski definition) is 8. The van der Waals surface area contributed by atoms with E-state index in [1.54, 1.807) is 88.2 Å². The van der Waals surface area contributed by atoms with Gasteiger partial charge in [0, 0.05) is 91.6 Å². The minimum Gasteiger partial charge on any atom is -0.507 e. The van der Waals surface area contributed by atoms with Crippen LogP contribution in [0.3, 0.4) is 0 Å². The van der Waals surface area contributed by atoms with Gasteiger partial charge in [0.05, 0.1) is 133 Å². The van der Waals surface area contributed by atoms with E-state index in [1.165, 1.54) is 57.4 Å². The highest BCUT2D eigenvalue weighted by Gasteiger charge is 2.57. The van der Waals surface area contributed by atoms with Crippen LogP contribution in [0.15, 0.2) is 89.8 Å². The molecule has 2 saturated heterocycles. The second-order valence-corrected chi connectivity index (χ2v) is 34.9. The molecule has 0 radical (unpaired) electrons. The molecule has 728 valence electrons. The fourth-order valence-electron chi connectivity index (χ4n) is 16.9. The number of carbonyl (C=O) groups is 15. The summed E-state index contributed by atoms with van der Waals surface area (Å²) in [7, 11) is 9.94. The molecular weight excluding hydrogens is 1750 g/mol. The standard InChI is InChI=1S/C92H126N6O33S/c1-17-66(121-10)75(81(103)93-34-19-36-95-132(119,120)73-47-57(65(101)49-67(73)122-11)80(102)55-28-24-51(4)25-29-55)59(85(107)108)43-72(127-16)79(91(117)130-41-40-129-56-32-30-54(31-33-56)64(100)48-63(99)53-26-22-50(3)23-27-53)62(88(113)114)46-70(125-14)77-58(83(105)98(84(77)106)39-21-38-97(8)9)42-69(124-13)76(82(104)94-35-20-37-96(6)7)60(86(109)110)44-71(126-15)78(90(116)128-18-2)61(87(111)112)45-68(123-12)74-52(5)89(115)131-92(74)118/h22-33,47,49,52,58-62,66,68-72,74-79,95,101H,17-21,34-46,48H2,1-16H3,(H,93,103)(H,94,104)(H,107,108)(H,109,110)(H,111,112)(H,113,114). The molecule has 39 nitrogen and oxygen atoms in total. The predicted molar refractivity (Wildman–Crippen MR) is 469 cm³/mol. The zero-order valence-electron chi connectivity index (χ0n) is 77.3. The number of rotatable bonds is 61. The number of aryl methyl sites for hydroxylation is 2. The van der Waals surface area contributed by atoms with E-state index in [2.05, 4.69) is 15.4 Å². The van der Waals surface area contributed by atoms with Gasteiger partial charge in [0.1, 0.15) is 35.4 Å². The van der Waals surface area contributed by atoms with E-state index in [0.29, 0.717) is 12.1 Å². The topological polar surface area (TPSA) is 539 Å². The number of imide groups is 1. The number of ether oxygens (including phenoxy) is 11. The zero-order valence-corrected chi connectivity index (χ0v) is 78.1. The van der Waals surface area contributed by atoms with E-state index in [0.717, 1.165) is 70.8 Å². The third-order valence-corrected chi connectivity index (χ3v) is 25.5. The fourth-order valence-corrected chi connectivity index (χ4v) is 18.2. The molecule has 2 aliphatic heterocycles. The zero-order chi connectivity index (χ0) is 98.3. The summed E-state index contributed by atoms with van der Waals surface area (Å²) in [5.41, 5.74) is 1.98. The molecule has 18 unspecified atom stereocenters. The molecule has 0 saturated carbocycles. The Hall–Kier alpha value is -11.1. The van der Waals surface area contributed by atoms with Gasteiger partial charge in [-0.05, 0) is 150 Å². The van der Waals surface area contributed by atoms with Crippen LogP contribution < -0.4 is 24.8 Å². The van der Waals surface area contributed by atoms with Gasteiger partial charge in [-0.15, -0.1) is 0 Å². The molecule has 4 aromatic carbocycles. The van der Waals surface area contributed by atoms with Crippen molar-refractivity contribution in [1.29, 1.82) is 0 Å². The number of amides is 4. The number of Topliss-reactive ketones (excluding diaryl/α,β-unsaturated/α-hetero) is 2. The number of carboxylic acids is 4. The monoisotopic (exact) mass is 1870 g/mol. The molecule has 0 bridgehead atoms. The van der Waals surface area contributed by atoms with Gasteiger partial charge in [0.25, 0.3) is 0 Å². The Balaban J connectivity index is 1.43. The minimum atomic E-state index is -4.58. The minimum absolute atomic E-state index is 0.0614. The number of ketones is 3. The summed E-state index contributed by atoms with van der Waals surface area (Å²) in [6, 6.07) is 20.5. The van der Waals surface area contributed by atoms with Crippen molar-refractivity contribution in [1.82, 2.24) is 30.1 Å². The van der Waals surface area contributed by atoms with Crippen molar-refractivity contribution in [3.63, 3.8) is 0 Å². The van der Waals surface area contributed by atoms with E-state index < -0.39 is 275 Å². The number of hydrogen-bond acceptors (Lipinski definition) is 31. The van der Waals surface area contributed by atoms with Gasteiger partial charge >= 0.3 is 47.8 Å². The molecule has 6 rings (SSSR count). The second kappa shape index (κ2) is 52.4. The smallest absolute Gasteiger partial charge is 0.320 e. The molecule has 4 amide bonds. The Morgan fingerprint density at radius 1 is 0.515 bits per heavy atom. The number of sulfonamides is 1. The number of phenols is 1. The molecule has 0 aliphatic carbocycles. The molecule has 40 heteroatoms. The van der Waals surface area contributed by atoms with Crippen LogP contribution in [0.2, 0.25) is 0 Å². The van der Waals surface area contributed by atoms with E-state index in [-0.39, 0.29) is 86.7 Å². The molecule has 2 aliphatic rings. The Labute approximate surface area is 767 Å². The van der Waals surface area contributed by atoms with E-state index >= 15 is 19.2 Å². The normalized spacial score (nSPS) is 18.4. The number of likely N-dealkylation sites (tertiary alicyclic amines) is 1. The van der Waals surface area contributed by atoms with Crippen LogP contribution in [0.25, 0.3) is 0 Å². The molecule has 8 N–H and O–H groups in total. The third-order valence-electron chi connectivity index (χ3n) is 24.1. The highest BCUT2D eigenvalue weighted by molar-refractivity contribution is 7.89. The first-order valence-corrected chi connectivity index (χ1v) is 44.8. The number of aliphatic carboxylic acids is 4. The molecule has 4 aromatic rings. The van der Waals surface area contributed by atoms with E-state index in [9.17, 15) is 86.7 Å². The van der Waals surface area contributed by atoms with Gasteiger partial charge < -0.3 is 98.1 Å². The Morgan fingerprint density at radius 3 is 1.42 bits per heavy atom. The first-order valence-electron chi connectivity index (χ1n) is 43.3. The number of methoxy groups -OCH3 is 7. The summed E-state index contributed by atoms with van der Waals surface area (Å²) in [5.74, 6) is -40.3. The lowest BCUT2D eigenvalue weighted by atomic mass is 9.72. The van der Waals surface area contributed by atoms with Crippen molar-refractivity contribution in [2.24, 2.45) is 71.0 Å². The van der Waals surface area contributed by atoms with Crippen LogP contribution in [-0.2, 0) is 110 Å². The number of nitrogens with one attached hydrogen (secondary N) is 3. The lowest BCUT2D eigenvalue weighted by Crippen LogP contribution is -2.50. The largest absolute Gasteiger partial charge is 0.507 e. The Morgan fingerprint density at radius 2 is 0.970 bits per heavy atom. The number of cyclic esters (lactones) is 2. The average molecular weight is 1880 g/mol. The summed E-state index contributed by atoms with van der Waals surface area (Å²) in [6.45, 7) is 5.90. The molecule has 0 spiro atoms. The van der Waals surface area contributed by atoms with Crippen LogP contribution in [-0.4, -0.2) is 311 Å². The van der Waals surface area contributed by atoms with Crippen LogP contribution in [0.4, 0.5) is 0 Å². The lowest BCUT2D eigenvalue weighted by Gasteiger charge is -2.37. The predicted octanol–water partition coefficient (Wildman–Crippen LogP) is 5.35. The SMILES string of the molecule is CCOC(=O)C(C(CC(C(=O)O)C(C(=O)NCCCN(C)C)C(CC1C(=O)N(CCCN(C)C)C(=O)C1C(CC(C(=O)O)C(C(=O)OCCOc1ccc(C(=O)CC(=O)c2ccc(C)cc2)cc1)C(CC(C(=O)O)C(C(=O)NCCCNS(=O)(=O)c1cc(C(=O)c2ccc(C)cc2)c(O)cc1OC)C(CC)OC)OC)OC)OC)OC)C(CC(OC)C1C(=O)OC(=O)C1C)C(=O)O. The first-order chi connectivity index (χ1) is 62.5. The van der Waals surface area contributed by atoms with Crippen molar-refractivity contribution < 1.29 is 158 Å². The number of nitrogens with zero attached hydrogens (tertiary/aromatic N) is 3. The van der Waals surface area contributed by atoms with E-state index in [4.69, 9.17) is 52.1 Å². The van der Waals surface area contributed by atoms with Crippen LogP contribution in [0.5, 0.6) is 17.2 Å². The maximum absolute atomic E-state index is 15.6. The van der Waals surface area contributed by atoms with Crippen molar-refractivity contribution in [3.05, 3.63) is 118 Å². The molecular formula is C92H126N6O33S. The number of carboxylic acid groups (broad SMARTS) is 4. The molecule has 18 atom stereocenters. The van der Waals surface area contributed by atoms with Crippen LogP contribution >= 0.6 is 0 Å². The number of benzene rings is 4. The quantitative estimate of drug-likeness (QED) is 0.00689. The van der Waals surface area contributed by atoms with Gasteiger partial charge in [-0.1, -0.05) is 73.5 Å². The first kappa shape index (κ1) is 110. The molecule has 0 aromatic heterocycles. The maximum atomic E-state index is 15.6. The highest BCUT2D eigenvalue weighted by Crippen LogP contribution is 2.44. The summed E-state index contributed by atoms with van der Waals surface area (Å²) in [5, 5.41) is 62.1. The second-order valence-electron chi connectivity index (χ2n) is 33.2. The molecule has 2 heterocycles. The fraction of sp³-hybridized carbons (Fsp3) is 0.576. The van der Waals surface area contributed by atoms with Gasteiger partial charge in [-0.2, -0.15) is 0 Å². The van der Waals surface area contributed by atoms with Crippen molar-refractivity contribution in [3.8, 4) is 17.2 Å². The van der Waals surface area contributed by atoms with Crippen LogP contribution in [0, 0.1) is 84.9 Å². The molecule has 2 fully saturated rings. The maximum Gasteiger partial charge on any atom is 0.320 e. The van der Waals surface area contributed by atoms with Gasteiger partial charge in [0.15, 0.2) is 17.3 Å². The van der Waals surface area contributed by atoms with Gasteiger partial charge in [-0.25, -0.2) is 13.1 Å². The molecule has 132 heavy (non-hydrogen) atoms. The lowest BCUT2D eigenvalue weighted by molar-refractivity contribution is -0.170. The Bertz CT molecular complexity index is 4760. The summed E-state index contributed by atoms with van der Waals surface area (Å²) >= 11 is 0. The van der Waals surface area contributed by atoms with Crippen molar-refractivity contribution in [2.45, 2.75) is 140 Å². The summed E-state index contributed by atoms with van der Waals surface area (Å²) in [4.78, 5) is 218. The van der Waals surface area contributed by atoms with Crippen molar-refractivity contribution >= 4 is 98.8 Å². The average Bonchev–Trinajstić information content (AvgIpc) is 1.57. The third kappa shape index (κ3) is 29.5.